The van der Waals surface area contributed by atoms with Gasteiger partial charge in [-0.15, -0.1) is 0 Å². The number of aromatic nitrogens is 1. The zero-order valence-corrected chi connectivity index (χ0v) is 14.1. The first-order chi connectivity index (χ1) is 9.29. The molecule has 0 aliphatic carbocycles. The monoisotopic (exact) mass is 381 g/mol. The minimum absolute atomic E-state index is 0. The van der Waals surface area contributed by atoms with E-state index in [1.165, 1.54) is 22.9 Å². The van der Waals surface area contributed by atoms with Crippen LogP contribution in [0.15, 0.2) is 42.5 Å². The molecule has 1 aliphatic rings. The molecule has 0 spiro atoms. The minimum atomic E-state index is 0. The van der Waals surface area contributed by atoms with Crippen LogP contribution in [0.25, 0.3) is 0 Å². The lowest BCUT2D eigenvalue weighted by molar-refractivity contribution is -0.676. The number of fused-ring (bicyclic) bond motifs is 1. The fraction of sp³-hybridized carbons (Fsp3) is 0.312. The highest BCUT2D eigenvalue weighted by Gasteiger charge is 2.21. The molecule has 0 bridgehead atoms. The topological polar surface area (TPSA) is 19.1 Å². The summed E-state index contributed by atoms with van der Waals surface area (Å²) >= 11 is 0. The number of hydrogen-bond acceptors (Lipinski definition) is 2. The van der Waals surface area contributed by atoms with Gasteiger partial charge in [0.2, 0.25) is 0 Å². The maximum atomic E-state index is 3.45. The summed E-state index contributed by atoms with van der Waals surface area (Å²) in [7, 11) is 0. The third-order valence-corrected chi connectivity index (χ3v) is 3.70. The van der Waals surface area contributed by atoms with Crippen LogP contribution in [0.1, 0.15) is 12.6 Å². The van der Waals surface area contributed by atoms with Gasteiger partial charge >= 0.3 is 0 Å². The Balaban J connectivity index is 0.00000147. The lowest BCUT2D eigenvalue weighted by atomic mass is 10.2. The largest absolute Gasteiger partial charge is 1.00 e. The number of nitrogens with one attached hydrogen (secondary N) is 1. The summed E-state index contributed by atoms with van der Waals surface area (Å²) in [6, 6.07) is 15.1. The molecule has 3 nitrogen and oxygen atoms in total. The third kappa shape index (κ3) is 2.75. The molecule has 1 aliphatic heterocycles. The van der Waals surface area contributed by atoms with Gasteiger partial charge in [0, 0.05) is 18.3 Å². The van der Waals surface area contributed by atoms with Crippen LogP contribution in [0.4, 0.5) is 17.2 Å². The second kappa shape index (κ2) is 6.43. The van der Waals surface area contributed by atoms with Crippen molar-refractivity contribution in [3.63, 3.8) is 0 Å². The normalized spacial score (nSPS) is 12.3. The number of aryl methyl sites for hydroxylation is 1. The molecule has 2 heterocycles. The van der Waals surface area contributed by atoms with E-state index in [0.29, 0.717) is 0 Å². The Kier molecular flexibility index (Phi) is 4.86. The number of para-hydroxylation sites is 1. The first-order valence-electron chi connectivity index (χ1n) is 6.90. The van der Waals surface area contributed by atoms with Crippen molar-refractivity contribution < 1.29 is 28.5 Å². The zero-order chi connectivity index (χ0) is 13.2. The summed E-state index contributed by atoms with van der Waals surface area (Å²) in [5.41, 5.74) is 3.81. The number of benzene rings is 1. The second-order valence-corrected chi connectivity index (χ2v) is 4.90. The maximum absolute atomic E-state index is 3.45. The molecule has 0 unspecified atom stereocenters. The Hall–Kier alpha value is -1.30. The molecule has 0 fully saturated rings. The van der Waals surface area contributed by atoms with Gasteiger partial charge in [0.1, 0.15) is 18.8 Å². The Bertz CT molecular complexity index is 584. The van der Waals surface area contributed by atoms with E-state index in [9.17, 15) is 0 Å². The third-order valence-electron chi connectivity index (χ3n) is 3.70. The molecule has 1 aromatic carbocycles. The molecule has 3 rings (SSSR count). The molecule has 0 atom stereocenters. The molecule has 20 heavy (non-hydrogen) atoms. The van der Waals surface area contributed by atoms with Gasteiger partial charge in [0.05, 0.1) is 11.8 Å². The van der Waals surface area contributed by atoms with Crippen molar-refractivity contribution in [2.75, 3.05) is 23.3 Å². The lowest BCUT2D eigenvalue weighted by Gasteiger charge is -2.23. The smallest absolute Gasteiger partial charge is 0.276 e. The predicted molar refractivity (Wildman–Crippen MR) is 79.0 cm³/mol. The summed E-state index contributed by atoms with van der Waals surface area (Å²) in [4.78, 5) is 2.34. The molecule has 4 heteroatoms. The van der Waals surface area contributed by atoms with Crippen LogP contribution in [0.5, 0.6) is 0 Å². The Morgan fingerprint density at radius 2 is 1.90 bits per heavy atom. The number of halogens is 1. The summed E-state index contributed by atoms with van der Waals surface area (Å²) in [5.74, 6) is 1.23. The highest BCUT2D eigenvalue weighted by Crippen LogP contribution is 2.27. The summed E-state index contributed by atoms with van der Waals surface area (Å²) < 4.78 is 2.34. The van der Waals surface area contributed by atoms with Crippen LogP contribution in [0.3, 0.4) is 0 Å². The molecular formula is C16H20IN3. The number of nitrogens with zero attached hydrogens (tertiary/aromatic N) is 2. The van der Waals surface area contributed by atoms with E-state index in [0.717, 1.165) is 19.6 Å². The molecule has 0 saturated heterocycles. The molecular weight excluding hydrogens is 361 g/mol. The van der Waals surface area contributed by atoms with Gasteiger partial charge in [0.15, 0.2) is 0 Å². The van der Waals surface area contributed by atoms with Crippen molar-refractivity contribution in [2.24, 2.45) is 0 Å². The Labute approximate surface area is 137 Å². The van der Waals surface area contributed by atoms with Crippen LogP contribution in [-0.4, -0.2) is 13.1 Å². The van der Waals surface area contributed by atoms with Crippen LogP contribution >= 0.6 is 0 Å². The SMILES string of the molecule is CCN(c1ccccc1)c1cc(C)[n+]2c(c1)NCC2.[I-]. The molecule has 2 aromatic rings. The van der Waals surface area contributed by atoms with Gasteiger partial charge in [-0.1, -0.05) is 18.2 Å². The molecule has 0 radical (unpaired) electrons. The average Bonchev–Trinajstić information content (AvgIpc) is 2.90. The zero-order valence-electron chi connectivity index (χ0n) is 11.9. The number of pyridine rings is 1. The predicted octanol–water partition coefficient (Wildman–Crippen LogP) is -0.130. The van der Waals surface area contributed by atoms with E-state index in [2.05, 4.69) is 71.1 Å². The first kappa shape index (κ1) is 15.1. The summed E-state index contributed by atoms with van der Waals surface area (Å²) in [5, 5.41) is 3.45. The van der Waals surface area contributed by atoms with Crippen molar-refractivity contribution in [1.82, 2.24) is 0 Å². The molecule has 1 N–H and O–H groups in total. The van der Waals surface area contributed by atoms with E-state index in [4.69, 9.17) is 0 Å². The standard InChI is InChI=1S/C16H19N3.HI/c1-3-18(14-7-5-4-6-8-14)15-11-13(2)19-10-9-17-16(19)12-15;/h4-8,11-12H,3,9-10H2,1-2H3;1H. The highest BCUT2D eigenvalue weighted by molar-refractivity contribution is 5.65. The highest BCUT2D eigenvalue weighted by atomic mass is 127. The van der Waals surface area contributed by atoms with Gasteiger partial charge in [0.25, 0.3) is 5.82 Å². The number of anilines is 3. The molecule has 0 saturated carbocycles. The van der Waals surface area contributed by atoms with Crippen LogP contribution in [0.2, 0.25) is 0 Å². The Morgan fingerprint density at radius 3 is 2.60 bits per heavy atom. The quantitative estimate of drug-likeness (QED) is 0.590. The van der Waals surface area contributed by atoms with E-state index in [-0.39, 0.29) is 24.0 Å². The molecule has 0 amide bonds. The first-order valence-corrected chi connectivity index (χ1v) is 6.90. The van der Waals surface area contributed by atoms with Crippen molar-refractivity contribution >= 4 is 17.2 Å². The van der Waals surface area contributed by atoms with Gasteiger partial charge < -0.3 is 28.9 Å². The van der Waals surface area contributed by atoms with Crippen LogP contribution in [0, 0.1) is 6.92 Å². The summed E-state index contributed by atoms with van der Waals surface area (Å²) in [6.45, 7) is 7.43. The Morgan fingerprint density at radius 1 is 1.15 bits per heavy atom. The fourth-order valence-corrected chi connectivity index (χ4v) is 2.76. The molecule has 106 valence electrons. The van der Waals surface area contributed by atoms with Crippen molar-refractivity contribution in [2.45, 2.75) is 20.4 Å². The molecule has 1 aromatic heterocycles. The number of rotatable bonds is 3. The van der Waals surface area contributed by atoms with Gasteiger partial charge in [-0.25, -0.2) is 4.57 Å². The summed E-state index contributed by atoms with van der Waals surface area (Å²) in [6.07, 6.45) is 0. The van der Waals surface area contributed by atoms with Crippen molar-refractivity contribution in [3.05, 3.63) is 48.2 Å². The minimum Gasteiger partial charge on any atom is -1.00 e. The number of hydrogen-bond donors (Lipinski definition) is 1. The second-order valence-electron chi connectivity index (χ2n) is 4.90. The van der Waals surface area contributed by atoms with E-state index >= 15 is 0 Å². The fourth-order valence-electron chi connectivity index (χ4n) is 2.76. The van der Waals surface area contributed by atoms with E-state index in [1.807, 2.05) is 0 Å². The van der Waals surface area contributed by atoms with Gasteiger partial charge in [-0.05, 0) is 26.0 Å². The van der Waals surface area contributed by atoms with Crippen molar-refractivity contribution in [1.29, 1.82) is 0 Å². The van der Waals surface area contributed by atoms with Crippen LogP contribution in [-0.2, 0) is 6.54 Å². The van der Waals surface area contributed by atoms with Gasteiger partial charge in [-0.3, -0.25) is 5.32 Å². The van der Waals surface area contributed by atoms with Gasteiger partial charge in [-0.2, -0.15) is 0 Å². The van der Waals surface area contributed by atoms with Crippen LogP contribution < -0.4 is 38.8 Å². The average molecular weight is 381 g/mol. The van der Waals surface area contributed by atoms with Crippen molar-refractivity contribution in [3.8, 4) is 0 Å². The van der Waals surface area contributed by atoms with E-state index in [1.54, 1.807) is 0 Å². The lowest BCUT2D eigenvalue weighted by Crippen LogP contribution is -3.00. The van der Waals surface area contributed by atoms with E-state index < -0.39 is 0 Å². The maximum Gasteiger partial charge on any atom is 0.276 e.